The molecule has 0 aliphatic carbocycles. The van der Waals surface area contributed by atoms with Crippen molar-refractivity contribution in [3.05, 3.63) is 65.7 Å². The van der Waals surface area contributed by atoms with Crippen LogP contribution >= 0.6 is 0 Å². The number of rotatable bonds is 6. The van der Waals surface area contributed by atoms with Gasteiger partial charge in [0.15, 0.2) is 9.84 Å². The van der Waals surface area contributed by atoms with E-state index >= 15 is 0 Å². The lowest BCUT2D eigenvalue weighted by Gasteiger charge is -2.14. The minimum atomic E-state index is -3.66. The van der Waals surface area contributed by atoms with Crippen molar-refractivity contribution in [3.63, 3.8) is 0 Å². The molecule has 0 heterocycles. The number of carbonyl (C=O) groups is 1. The van der Waals surface area contributed by atoms with E-state index < -0.39 is 15.2 Å². The summed E-state index contributed by atoms with van der Waals surface area (Å²) < 4.78 is 29.7. The van der Waals surface area contributed by atoms with Crippen molar-refractivity contribution in [2.24, 2.45) is 5.73 Å². The summed E-state index contributed by atoms with van der Waals surface area (Å²) >= 11 is 0. The zero-order valence-electron chi connectivity index (χ0n) is 12.8. The zero-order valence-corrected chi connectivity index (χ0v) is 13.6. The molecule has 0 aromatic heterocycles. The highest BCUT2D eigenvalue weighted by molar-refractivity contribution is 7.91. The summed E-state index contributed by atoms with van der Waals surface area (Å²) in [7, 11) is -2.32. The van der Waals surface area contributed by atoms with Gasteiger partial charge in [0.25, 0.3) is 0 Å². The Bertz CT molecular complexity index is 772. The second-order valence-electron chi connectivity index (χ2n) is 5.10. The Labute approximate surface area is 136 Å². The second kappa shape index (κ2) is 7.39. The van der Waals surface area contributed by atoms with Crippen LogP contribution in [0.1, 0.15) is 22.9 Å². The first-order valence-electron chi connectivity index (χ1n) is 7.15. The maximum absolute atomic E-state index is 12.6. The van der Waals surface area contributed by atoms with E-state index in [0.717, 1.165) is 5.56 Å². The van der Waals surface area contributed by atoms with Gasteiger partial charge in [-0.25, -0.2) is 8.42 Å². The van der Waals surface area contributed by atoms with Crippen LogP contribution in [0.4, 0.5) is 0 Å². The lowest BCUT2D eigenvalue weighted by atomic mass is 10.1. The molecule has 23 heavy (non-hydrogen) atoms. The highest BCUT2D eigenvalue weighted by atomic mass is 32.2. The number of hydrogen-bond donors (Lipinski definition) is 1. The number of aryl methyl sites for hydroxylation is 1. The van der Waals surface area contributed by atoms with E-state index in [1.54, 1.807) is 36.4 Å². The van der Waals surface area contributed by atoms with Gasteiger partial charge in [0.05, 0.1) is 12.0 Å². The minimum absolute atomic E-state index is 0.187. The fourth-order valence-electron chi connectivity index (χ4n) is 2.21. The van der Waals surface area contributed by atoms with Crippen LogP contribution in [0.3, 0.4) is 0 Å². The van der Waals surface area contributed by atoms with Gasteiger partial charge in [-0.1, -0.05) is 42.5 Å². The summed E-state index contributed by atoms with van der Waals surface area (Å²) in [4.78, 5) is 11.4. The molecule has 5 nitrogen and oxygen atoms in total. The van der Waals surface area contributed by atoms with E-state index in [4.69, 9.17) is 5.73 Å². The van der Waals surface area contributed by atoms with E-state index in [9.17, 15) is 13.2 Å². The molecular weight excluding hydrogens is 314 g/mol. The predicted octanol–water partition coefficient (Wildman–Crippen LogP) is 2.22. The van der Waals surface area contributed by atoms with Crippen molar-refractivity contribution in [2.75, 3.05) is 7.11 Å². The molecular formula is C17H19NO4S. The Morgan fingerprint density at radius 2 is 1.83 bits per heavy atom. The van der Waals surface area contributed by atoms with Gasteiger partial charge < -0.3 is 10.5 Å². The van der Waals surface area contributed by atoms with Gasteiger partial charge in [-0.3, -0.25) is 4.79 Å². The van der Waals surface area contributed by atoms with Crippen LogP contribution in [0.5, 0.6) is 0 Å². The lowest BCUT2D eigenvalue weighted by molar-refractivity contribution is -0.140. The third-order valence-electron chi connectivity index (χ3n) is 3.53. The number of methoxy groups -OCH3 is 1. The zero-order chi connectivity index (χ0) is 16.9. The van der Waals surface area contributed by atoms with Crippen LogP contribution in [0.2, 0.25) is 0 Å². The molecule has 2 N–H and O–H groups in total. The standard InChI is InChI=1S/C17H19NO4S/c1-22-16(19)11-10-13-6-5-7-14(12-13)17(18)23(20,21)15-8-3-2-4-9-15/h2-9,12,17H,10-11,18H2,1H3. The molecule has 0 saturated heterocycles. The molecule has 2 aromatic carbocycles. The molecule has 0 fully saturated rings. The molecule has 1 unspecified atom stereocenters. The van der Waals surface area contributed by atoms with Crippen LogP contribution in [0.25, 0.3) is 0 Å². The maximum atomic E-state index is 12.6. The molecule has 6 heteroatoms. The van der Waals surface area contributed by atoms with E-state index in [2.05, 4.69) is 4.74 Å². The summed E-state index contributed by atoms with van der Waals surface area (Å²) in [6, 6.07) is 15.1. The molecule has 1 atom stereocenters. The van der Waals surface area contributed by atoms with Crippen LogP contribution in [-0.2, 0) is 25.8 Å². The molecule has 0 saturated carbocycles. The SMILES string of the molecule is COC(=O)CCc1cccc(C(N)S(=O)(=O)c2ccccc2)c1. The van der Waals surface area contributed by atoms with Gasteiger partial charge in [0.1, 0.15) is 5.37 Å². The molecule has 0 spiro atoms. The molecule has 0 radical (unpaired) electrons. The molecule has 122 valence electrons. The Hall–Kier alpha value is -2.18. The largest absolute Gasteiger partial charge is 0.469 e. The third-order valence-corrected chi connectivity index (χ3v) is 5.40. The van der Waals surface area contributed by atoms with Crippen molar-refractivity contribution in [1.29, 1.82) is 0 Å². The smallest absolute Gasteiger partial charge is 0.305 e. The van der Waals surface area contributed by atoms with Gasteiger partial charge in [-0.2, -0.15) is 0 Å². The average molecular weight is 333 g/mol. The number of ether oxygens (including phenoxy) is 1. The number of benzene rings is 2. The molecule has 0 aliphatic heterocycles. The molecule has 2 rings (SSSR count). The predicted molar refractivity (Wildman–Crippen MR) is 87.3 cm³/mol. The van der Waals surface area contributed by atoms with E-state index in [0.29, 0.717) is 12.0 Å². The quantitative estimate of drug-likeness (QED) is 0.819. The Kier molecular flexibility index (Phi) is 5.52. The average Bonchev–Trinajstić information content (AvgIpc) is 2.60. The second-order valence-corrected chi connectivity index (χ2v) is 7.17. The summed E-state index contributed by atoms with van der Waals surface area (Å²) in [5.41, 5.74) is 7.31. The lowest BCUT2D eigenvalue weighted by Crippen LogP contribution is -2.22. The van der Waals surface area contributed by atoms with Gasteiger partial charge >= 0.3 is 5.97 Å². The summed E-state index contributed by atoms with van der Waals surface area (Å²) in [5.74, 6) is -0.309. The van der Waals surface area contributed by atoms with Crippen LogP contribution in [0.15, 0.2) is 59.5 Å². The van der Waals surface area contributed by atoms with E-state index in [-0.39, 0.29) is 17.3 Å². The van der Waals surface area contributed by atoms with E-state index in [1.807, 2.05) is 6.07 Å². The Morgan fingerprint density at radius 3 is 2.48 bits per heavy atom. The maximum Gasteiger partial charge on any atom is 0.305 e. The van der Waals surface area contributed by atoms with Crippen molar-refractivity contribution in [3.8, 4) is 0 Å². The summed E-state index contributed by atoms with van der Waals surface area (Å²) in [6.07, 6.45) is 0.708. The van der Waals surface area contributed by atoms with E-state index in [1.165, 1.54) is 19.2 Å². The number of nitrogens with two attached hydrogens (primary N) is 1. The number of sulfone groups is 1. The first-order valence-corrected chi connectivity index (χ1v) is 8.70. The van der Waals surface area contributed by atoms with Crippen LogP contribution < -0.4 is 5.73 Å². The fourth-order valence-corrected chi connectivity index (χ4v) is 3.54. The Morgan fingerprint density at radius 1 is 1.13 bits per heavy atom. The van der Waals surface area contributed by atoms with Crippen LogP contribution in [-0.4, -0.2) is 21.5 Å². The van der Waals surface area contributed by atoms with Gasteiger partial charge in [-0.15, -0.1) is 0 Å². The molecule has 2 aromatic rings. The molecule has 0 bridgehead atoms. The third kappa shape index (κ3) is 4.18. The molecule has 0 aliphatic rings. The summed E-state index contributed by atoms with van der Waals surface area (Å²) in [5, 5.41) is -1.15. The number of hydrogen-bond acceptors (Lipinski definition) is 5. The monoisotopic (exact) mass is 333 g/mol. The topological polar surface area (TPSA) is 86.5 Å². The van der Waals surface area contributed by atoms with Crippen molar-refractivity contribution in [2.45, 2.75) is 23.1 Å². The minimum Gasteiger partial charge on any atom is -0.469 e. The Balaban J connectivity index is 2.23. The number of carbonyl (C=O) groups excluding carboxylic acids is 1. The fraction of sp³-hybridized carbons (Fsp3) is 0.235. The van der Waals surface area contributed by atoms with Crippen LogP contribution in [0, 0.1) is 0 Å². The number of esters is 1. The van der Waals surface area contributed by atoms with Gasteiger partial charge in [0.2, 0.25) is 0 Å². The first-order chi connectivity index (χ1) is 10.9. The highest BCUT2D eigenvalue weighted by Crippen LogP contribution is 2.25. The van der Waals surface area contributed by atoms with Gasteiger partial charge in [0, 0.05) is 6.42 Å². The van der Waals surface area contributed by atoms with Gasteiger partial charge in [-0.05, 0) is 29.7 Å². The summed E-state index contributed by atoms with van der Waals surface area (Å²) in [6.45, 7) is 0. The highest BCUT2D eigenvalue weighted by Gasteiger charge is 2.25. The van der Waals surface area contributed by atoms with Crippen molar-refractivity contribution < 1.29 is 17.9 Å². The van der Waals surface area contributed by atoms with Crippen molar-refractivity contribution in [1.82, 2.24) is 0 Å². The van der Waals surface area contributed by atoms with Crippen molar-refractivity contribution >= 4 is 15.8 Å². The first kappa shape index (κ1) is 17.2. The molecule has 0 amide bonds. The normalized spacial score (nSPS) is 12.6.